The molecule has 24 heavy (non-hydrogen) atoms. The highest BCUT2D eigenvalue weighted by Gasteiger charge is 2.08. The van der Waals surface area contributed by atoms with Crippen molar-refractivity contribution in [2.24, 2.45) is 0 Å². The lowest BCUT2D eigenvalue weighted by Crippen LogP contribution is -2.23. The summed E-state index contributed by atoms with van der Waals surface area (Å²) in [6.07, 6.45) is 0. The lowest BCUT2D eigenvalue weighted by Gasteiger charge is -2.07. The number of hydrogen-bond donors (Lipinski definition) is 1. The van der Waals surface area contributed by atoms with Crippen molar-refractivity contribution in [2.45, 2.75) is 13.2 Å². The second kappa shape index (κ2) is 7.04. The molecule has 122 valence electrons. The number of rotatable bonds is 5. The highest BCUT2D eigenvalue weighted by molar-refractivity contribution is 5.94. The summed E-state index contributed by atoms with van der Waals surface area (Å²) in [6.45, 7) is -2.59. The number of benzene rings is 2. The molecule has 0 bridgehead atoms. The van der Waals surface area contributed by atoms with Crippen molar-refractivity contribution in [3.05, 3.63) is 71.9 Å². The van der Waals surface area contributed by atoms with Crippen molar-refractivity contribution in [2.75, 3.05) is 0 Å². The molecule has 2 aromatic carbocycles. The lowest BCUT2D eigenvalue weighted by atomic mass is 10.2. The number of carbonyl (C=O) groups is 1. The third kappa shape index (κ3) is 3.84. The molecule has 1 heterocycles. The number of amides is 1. The van der Waals surface area contributed by atoms with Crippen LogP contribution in [0.15, 0.2) is 60.7 Å². The first-order valence-electron chi connectivity index (χ1n) is 7.29. The summed E-state index contributed by atoms with van der Waals surface area (Å²) in [5.41, 5.74) is 1.84. The standard InChI is InChI=1S/C18H14F2N2O2/c19-18(20)24-14-8-5-12(6-9-14)11-21-17(23)16-10-7-13-3-1-2-4-15(13)22-16/h1-10,18H,11H2,(H,21,23). The number of pyridine rings is 1. The molecule has 0 aliphatic heterocycles. The third-order valence-electron chi connectivity index (χ3n) is 3.43. The van der Waals surface area contributed by atoms with Gasteiger partial charge in [0.05, 0.1) is 5.52 Å². The minimum absolute atomic E-state index is 0.0799. The number of carbonyl (C=O) groups excluding carboxylic acids is 1. The van der Waals surface area contributed by atoms with Gasteiger partial charge in [-0.15, -0.1) is 0 Å². The van der Waals surface area contributed by atoms with Crippen LogP contribution in [0.3, 0.4) is 0 Å². The van der Waals surface area contributed by atoms with Gasteiger partial charge < -0.3 is 10.1 Å². The minimum atomic E-state index is -2.85. The Bertz CT molecular complexity index is 851. The van der Waals surface area contributed by atoms with Crippen LogP contribution in [0.4, 0.5) is 8.78 Å². The quantitative estimate of drug-likeness (QED) is 0.776. The van der Waals surface area contributed by atoms with Crippen LogP contribution < -0.4 is 10.1 Å². The second-order valence-electron chi connectivity index (χ2n) is 5.09. The molecule has 0 fully saturated rings. The number of halogens is 2. The van der Waals surface area contributed by atoms with Crippen LogP contribution >= 0.6 is 0 Å². The van der Waals surface area contributed by atoms with E-state index in [0.29, 0.717) is 5.69 Å². The zero-order valence-corrected chi connectivity index (χ0v) is 12.6. The molecule has 0 spiro atoms. The van der Waals surface area contributed by atoms with Gasteiger partial charge in [-0.25, -0.2) is 4.98 Å². The summed E-state index contributed by atoms with van der Waals surface area (Å²) in [5.74, 6) is -0.218. The van der Waals surface area contributed by atoms with Gasteiger partial charge in [0.15, 0.2) is 0 Å². The first kappa shape index (κ1) is 15.9. The Morgan fingerprint density at radius 3 is 2.54 bits per heavy atom. The summed E-state index contributed by atoms with van der Waals surface area (Å²) in [4.78, 5) is 16.5. The van der Waals surface area contributed by atoms with Gasteiger partial charge in [0.2, 0.25) is 0 Å². The van der Waals surface area contributed by atoms with Gasteiger partial charge in [-0.1, -0.05) is 36.4 Å². The SMILES string of the molecule is O=C(NCc1ccc(OC(F)F)cc1)c1ccc2ccccc2n1. The van der Waals surface area contributed by atoms with E-state index in [1.807, 2.05) is 30.3 Å². The number of nitrogens with zero attached hydrogens (tertiary/aromatic N) is 1. The van der Waals surface area contributed by atoms with Crippen LogP contribution in [0.2, 0.25) is 0 Å². The molecule has 6 heteroatoms. The number of para-hydroxylation sites is 1. The van der Waals surface area contributed by atoms with Gasteiger partial charge in [-0.2, -0.15) is 8.78 Å². The van der Waals surface area contributed by atoms with Crippen molar-refractivity contribution in [3.63, 3.8) is 0 Å². The minimum Gasteiger partial charge on any atom is -0.435 e. The van der Waals surface area contributed by atoms with Crippen LogP contribution in [0.25, 0.3) is 10.9 Å². The summed E-state index contributed by atoms with van der Waals surface area (Å²) in [6, 6.07) is 17.1. The van der Waals surface area contributed by atoms with Gasteiger partial charge in [0, 0.05) is 11.9 Å². The maximum absolute atomic E-state index is 12.2. The Morgan fingerprint density at radius 2 is 1.79 bits per heavy atom. The van der Waals surface area contributed by atoms with E-state index in [1.165, 1.54) is 12.1 Å². The molecular weight excluding hydrogens is 314 g/mol. The Kier molecular flexibility index (Phi) is 4.65. The fourth-order valence-electron chi connectivity index (χ4n) is 2.25. The van der Waals surface area contributed by atoms with Gasteiger partial charge in [0.25, 0.3) is 5.91 Å². The first-order chi connectivity index (χ1) is 11.6. The Balaban J connectivity index is 1.63. The van der Waals surface area contributed by atoms with Crippen molar-refractivity contribution in [1.29, 1.82) is 0 Å². The number of hydrogen-bond acceptors (Lipinski definition) is 3. The fraction of sp³-hybridized carbons (Fsp3) is 0.111. The van der Waals surface area contributed by atoms with Crippen LogP contribution in [-0.2, 0) is 6.54 Å². The molecule has 0 unspecified atom stereocenters. The Morgan fingerprint density at radius 1 is 1.04 bits per heavy atom. The van der Waals surface area contributed by atoms with Gasteiger partial charge >= 0.3 is 6.61 Å². The monoisotopic (exact) mass is 328 g/mol. The van der Waals surface area contributed by atoms with E-state index in [4.69, 9.17) is 0 Å². The summed E-state index contributed by atoms with van der Waals surface area (Å²) in [7, 11) is 0. The maximum atomic E-state index is 12.2. The molecule has 0 aliphatic rings. The second-order valence-corrected chi connectivity index (χ2v) is 5.09. The fourth-order valence-corrected chi connectivity index (χ4v) is 2.25. The number of alkyl halides is 2. The topological polar surface area (TPSA) is 51.2 Å². The maximum Gasteiger partial charge on any atom is 0.387 e. The molecular formula is C18H14F2N2O2. The highest BCUT2D eigenvalue weighted by Crippen LogP contribution is 2.15. The van der Waals surface area contributed by atoms with Crippen LogP contribution in [0, 0.1) is 0 Å². The van der Waals surface area contributed by atoms with E-state index in [2.05, 4.69) is 15.0 Å². The Labute approximate surface area is 137 Å². The van der Waals surface area contributed by atoms with E-state index in [1.54, 1.807) is 18.2 Å². The number of nitrogens with one attached hydrogen (secondary N) is 1. The van der Waals surface area contributed by atoms with Crippen molar-refractivity contribution in [1.82, 2.24) is 10.3 Å². The van der Waals surface area contributed by atoms with Crippen LogP contribution in [0.5, 0.6) is 5.75 Å². The number of aromatic nitrogens is 1. The van der Waals surface area contributed by atoms with Crippen molar-refractivity contribution in [3.8, 4) is 5.75 Å². The molecule has 1 N–H and O–H groups in total. The predicted molar refractivity (Wildman–Crippen MR) is 86.0 cm³/mol. The van der Waals surface area contributed by atoms with Crippen LogP contribution in [-0.4, -0.2) is 17.5 Å². The average molecular weight is 328 g/mol. The average Bonchev–Trinajstić information content (AvgIpc) is 2.60. The summed E-state index contributed by atoms with van der Waals surface area (Å²) < 4.78 is 28.4. The molecule has 1 aromatic heterocycles. The largest absolute Gasteiger partial charge is 0.435 e. The van der Waals surface area contributed by atoms with E-state index >= 15 is 0 Å². The van der Waals surface area contributed by atoms with E-state index < -0.39 is 6.61 Å². The number of ether oxygens (including phenoxy) is 1. The first-order valence-corrected chi connectivity index (χ1v) is 7.29. The highest BCUT2D eigenvalue weighted by atomic mass is 19.3. The van der Waals surface area contributed by atoms with Gasteiger partial charge in [-0.05, 0) is 29.8 Å². The number of fused-ring (bicyclic) bond motifs is 1. The zero-order valence-electron chi connectivity index (χ0n) is 12.6. The molecule has 1 amide bonds. The molecule has 0 aliphatic carbocycles. The lowest BCUT2D eigenvalue weighted by molar-refractivity contribution is -0.0498. The molecule has 0 radical (unpaired) electrons. The van der Waals surface area contributed by atoms with E-state index in [-0.39, 0.29) is 18.2 Å². The molecule has 3 rings (SSSR count). The molecule has 0 saturated carbocycles. The molecule has 0 atom stereocenters. The third-order valence-corrected chi connectivity index (χ3v) is 3.43. The van der Waals surface area contributed by atoms with E-state index in [0.717, 1.165) is 16.5 Å². The summed E-state index contributed by atoms with van der Waals surface area (Å²) in [5, 5.41) is 3.71. The molecule has 0 saturated heterocycles. The van der Waals surface area contributed by atoms with Crippen molar-refractivity contribution >= 4 is 16.8 Å². The molecule has 4 nitrogen and oxygen atoms in total. The Hall–Kier alpha value is -3.02. The summed E-state index contributed by atoms with van der Waals surface area (Å²) >= 11 is 0. The van der Waals surface area contributed by atoms with Gasteiger partial charge in [-0.3, -0.25) is 4.79 Å². The molecule has 3 aromatic rings. The van der Waals surface area contributed by atoms with Gasteiger partial charge in [0.1, 0.15) is 11.4 Å². The van der Waals surface area contributed by atoms with Crippen LogP contribution in [0.1, 0.15) is 16.1 Å². The smallest absolute Gasteiger partial charge is 0.387 e. The normalized spacial score (nSPS) is 10.8. The van der Waals surface area contributed by atoms with E-state index in [9.17, 15) is 13.6 Å². The van der Waals surface area contributed by atoms with Crippen molar-refractivity contribution < 1.29 is 18.3 Å². The zero-order chi connectivity index (χ0) is 16.9. The predicted octanol–water partition coefficient (Wildman–Crippen LogP) is 3.77.